The molecule has 0 bridgehead atoms. The van der Waals surface area contributed by atoms with Gasteiger partial charge in [-0.3, -0.25) is 9.58 Å². The smallest absolute Gasteiger partial charge is 0.0642 e. The van der Waals surface area contributed by atoms with Crippen LogP contribution in [0.2, 0.25) is 0 Å². The molecule has 0 aromatic carbocycles. The van der Waals surface area contributed by atoms with Crippen LogP contribution in [0, 0.1) is 6.92 Å². The van der Waals surface area contributed by atoms with Crippen molar-refractivity contribution in [1.29, 1.82) is 0 Å². The summed E-state index contributed by atoms with van der Waals surface area (Å²) in [6, 6.07) is 0.628. The largest absolute Gasteiger partial charge is 0.326 e. The summed E-state index contributed by atoms with van der Waals surface area (Å²) in [5, 5.41) is 4.42. The second kappa shape index (κ2) is 4.55. The van der Waals surface area contributed by atoms with Crippen molar-refractivity contribution >= 4 is 0 Å². The van der Waals surface area contributed by atoms with Crippen LogP contribution in [0.1, 0.15) is 37.1 Å². The van der Waals surface area contributed by atoms with Gasteiger partial charge in [0.25, 0.3) is 0 Å². The van der Waals surface area contributed by atoms with Crippen molar-refractivity contribution in [1.82, 2.24) is 14.7 Å². The van der Waals surface area contributed by atoms with Crippen LogP contribution < -0.4 is 5.73 Å². The zero-order valence-corrected chi connectivity index (χ0v) is 10.5. The third-order valence-corrected chi connectivity index (χ3v) is 3.43. The highest BCUT2D eigenvalue weighted by Gasteiger charge is 2.34. The van der Waals surface area contributed by atoms with E-state index in [9.17, 15) is 0 Å². The number of aryl methyl sites for hydroxylation is 2. The Hall–Kier alpha value is -0.870. The maximum atomic E-state index is 6.23. The van der Waals surface area contributed by atoms with Gasteiger partial charge in [0.2, 0.25) is 0 Å². The third kappa shape index (κ3) is 1.99. The van der Waals surface area contributed by atoms with E-state index in [2.05, 4.69) is 30.0 Å². The van der Waals surface area contributed by atoms with E-state index < -0.39 is 0 Å². The summed E-state index contributed by atoms with van der Waals surface area (Å²) < 4.78 is 1.89. The summed E-state index contributed by atoms with van der Waals surface area (Å²) in [6.07, 6.45) is 4.40. The van der Waals surface area contributed by atoms with Gasteiger partial charge in [-0.05, 0) is 26.3 Å². The van der Waals surface area contributed by atoms with Gasteiger partial charge in [-0.1, -0.05) is 6.92 Å². The van der Waals surface area contributed by atoms with Crippen molar-refractivity contribution in [2.45, 2.75) is 38.8 Å². The van der Waals surface area contributed by atoms with E-state index in [0.717, 1.165) is 25.2 Å². The molecule has 0 saturated carbocycles. The molecule has 1 aromatic heterocycles. The Morgan fingerprint density at radius 2 is 2.31 bits per heavy atom. The molecule has 0 spiro atoms. The van der Waals surface area contributed by atoms with Gasteiger partial charge in [0, 0.05) is 31.4 Å². The molecule has 1 fully saturated rings. The predicted molar refractivity (Wildman–Crippen MR) is 65.1 cm³/mol. The highest BCUT2D eigenvalue weighted by atomic mass is 15.3. The van der Waals surface area contributed by atoms with Crippen LogP contribution in [0.15, 0.2) is 6.20 Å². The topological polar surface area (TPSA) is 47.1 Å². The fraction of sp³-hybridized carbons (Fsp3) is 0.750. The summed E-state index contributed by atoms with van der Waals surface area (Å²) >= 11 is 0. The standard InChI is InChI=1S/C12H22N4/c1-4-6-16-7-5-11(13)12(16)10-8-15(3)14-9(10)2/h8,11-12H,4-7,13H2,1-3H3/t11-,12+/m1/s1. The van der Waals surface area contributed by atoms with Gasteiger partial charge in [0.1, 0.15) is 0 Å². The van der Waals surface area contributed by atoms with E-state index in [0.29, 0.717) is 6.04 Å². The Morgan fingerprint density at radius 3 is 2.88 bits per heavy atom. The number of nitrogens with zero attached hydrogens (tertiary/aromatic N) is 3. The molecule has 0 aliphatic carbocycles. The van der Waals surface area contributed by atoms with Crippen molar-refractivity contribution < 1.29 is 0 Å². The van der Waals surface area contributed by atoms with Gasteiger partial charge >= 0.3 is 0 Å². The molecule has 0 amide bonds. The minimum absolute atomic E-state index is 0.259. The quantitative estimate of drug-likeness (QED) is 0.836. The molecule has 90 valence electrons. The monoisotopic (exact) mass is 222 g/mol. The van der Waals surface area contributed by atoms with Crippen molar-refractivity contribution in [2.24, 2.45) is 12.8 Å². The van der Waals surface area contributed by atoms with E-state index >= 15 is 0 Å². The highest BCUT2D eigenvalue weighted by molar-refractivity contribution is 5.23. The number of hydrogen-bond acceptors (Lipinski definition) is 3. The molecule has 0 radical (unpaired) electrons. The average Bonchev–Trinajstić information content (AvgIpc) is 2.71. The van der Waals surface area contributed by atoms with Crippen molar-refractivity contribution in [3.63, 3.8) is 0 Å². The highest BCUT2D eigenvalue weighted by Crippen LogP contribution is 2.32. The summed E-state index contributed by atoms with van der Waals surface area (Å²) in [5.74, 6) is 0. The Balaban J connectivity index is 2.26. The molecule has 1 saturated heterocycles. The van der Waals surface area contributed by atoms with Gasteiger partial charge in [-0.25, -0.2) is 0 Å². The molecule has 1 aliphatic heterocycles. The first kappa shape index (κ1) is 11.6. The lowest BCUT2D eigenvalue weighted by atomic mass is 10.0. The molecule has 16 heavy (non-hydrogen) atoms. The van der Waals surface area contributed by atoms with Crippen LogP contribution in [0.25, 0.3) is 0 Å². The summed E-state index contributed by atoms with van der Waals surface area (Å²) in [4.78, 5) is 2.49. The molecule has 0 unspecified atom stereocenters. The van der Waals surface area contributed by atoms with Crippen molar-refractivity contribution in [2.75, 3.05) is 13.1 Å². The number of likely N-dealkylation sites (tertiary alicyclic amines) is 1. The number of rotatable bonds is 3. The van der Waals surface area contributed by atoms with E-state index in [1.54, 1.807) is 0 Å². The first-order chi connectivity index (χ1) is 7.63. The van der Waals surface area contributed by atoms with Crippen molar-refractivity contribution in [3.8, 4) is 0 Å². The predicted octanol–water partition coefficient (Wildman–Crippen LogP) is 1.21. The third-order valence-electron chi connectivity index (χ3n) is 3.43. The molecule has 4 heteroatoms. The molecular formula is C12H22N4. The van der Waals surface area contributed by atoms with Crippen LogP contribution >= 0.6 is 0 Å². The van der Waals surface area contributed by atoms with E-state index in [-0.39, 0.29) is 6.04 Å². The first-order valence-electron chi connectivity index (χ1n) is 6.13. The SMILES string of the molecule is CCCN1CC[C@@H](N)[C@@H]1c1cn(C)nc1C. The van der Waals surface area contributed by atoms with E-state index in [1.807, 2.05) is 11.7 Å². The Morgan fingerprint density at radius 1 is 1.56 bits per heavy atom. The van der Waals surface area contributed by atoms with Gasteiger partial charge in [0.15, 0.2) is 0 Å². The molecular weight excluding hydrogens is 200 g/mol. The Kier molecular flexibility index (Phi) is 3.30. The second-order valence-electron chi connectivity index (χ2n) is 4.78. The van der Waals surface area contributed by atoms with Crippen LogP contribution in [0.4, 0.5) is 0 Å². The van der Waals surface area contributed by atoms with Gasteiger partial charge < -0.3 is 5.73 Å². The molecule has 1 aromatic rings. The molecule has 2 atom stereocenters. The van der Waals surface area contributed by atoms with Gasteiger partial charge in [0.05, 0.1) is 11.7 Å². The molecule has 2 heterocycles. The van der Waals surface area contributed by atoms with Crippen LogP contribution in [0.3, 0.4) is 0 Å². The summed E-state index contributed by atoms with van der Waals surface area (Å²) in [7, 11) is 1.97. The van der Waals surface area contributed by atoms with E-state index in [1.165, 1.54) is 12.0 Å². The maximum absolute atomic E-state index is 6.23. The zero-order valence-electron chi connectivity index (χ0n) is 10.5. The van der Waals surface area contributed by atoms with Gasteiger partial charge in [-0.2, -0.15) is 5.10 Å². The Bertz CT molecular complexity index is 356. The molecule has 1 aliphatic rings. The van der Waals surface area contributed by atoms with Crippen LogP contribution in [-0.4, -0.2) is 33.8 Å². The lowest BCUT2D eigenvalue weighted by molar-refractivity contribution is 0.247. The summed E-state index contributed by atoms with van der Waals surface area (Å²) in [6.45, 7) is 6.54. The molecule has 2 rings (SSSR count). The number of aromatic nitrogens is 2. The fourth-order valence-corrected chi connectivity index (χ4v) is 2.76. The normalized spacial score (nSPS) is 26.5. The Labute approximate surface area is 97.4 Å². The fourth-order valence-electron chi connectivity index (χ4n) is 2.76. The lowest BCUT2D eigenvalue weighted by Crippen LogP contribution is -2.32. The van der Waals surface area contributed by atoms with E-state index in [4.69, 9.17) is 5.73 Å². The summed E-state index contributed by atoms with van der Waals surface area (Å²) in [5.41, 5.74) is 8.65. The van der Waals surface area contributed by atoms with Crippen LogP contribution in [-0.2, 0) is 7.05 Å². The second-order valence-corrected chi connectivity index (χ2v) is 4.78. The van der Waals surface area contributed by atoms with Gasteiger partial charge in [-0.15, -0.1) is 0 Å². The molecule has 2 N–H and O–H groups in total. The minimum atomic E-state index is 0.259. The number of nitrogens with two attached hydrogens (primary N) is 1. The minimum Gasteiger partial charge on any atom is -0.326 e. The average molecular weight is 222 g/mol. The van der Waals surface area contributed by atoms with Crippen molar-refractivity contribution in [3.05, 3.63) is 17.5 Å². The first-order valence-corrected chi connectivity index (χ1v) is 6.13. The zero-order chi connectivity index (χ0) is 11.7. The lowest BCUT2D eigenvalue weighted by Gasteiger charge is -2.25. The molecule has 4 nitrogen and oxygen atoms in total. The maximum Gasteiger partial charge on any atom is 0.0642 e. The van der Waals surface area contributed by atoms with Crippen LogP contribution in [0.5, 0.6) is 0 Å². The number of hydrogen-bond donors (Lipinski definition) is 1.